The van der Waals surface area contributed by atoms with Gasteiger partial charge in [0.2, 0.25) is 0 Å². The number of fused-ring (bicyclic) bond motifs is 1. The SMILES string of the molecule is ClCCOCCNc1ccc2nccnc2n1. The molecule has 2 aromatic rings. The summed E-state index contributed by atoms with van der Waals surface area (Å²) in [5, 5.41) is 3.15. The Morgan fingerprint density at radius 2 is 2.06 bits per heavy atom. The van der Waals surface area contributed by atoms with Crippen LogP contribution in [0, 0.1) is 0 Å². The first-order valence-electron chi connectivity index (χ1n) is 5.35. The molecule has 0 spiro atoms. The molecule has 1 N–H and O–H groups in total. The summed E-state index contributed by atoms with van der Waals surface area (Å²) in [6.45, 7) is 1.86. The summed E-state index contributed by atoms with van der Waals surface area (Å²) in [6.07, 6.45) is 3.28. The lowest BCUT2D eigenvalue weighted by Crippen LogP contribution is -2.11. The van der Waals surface area contributed by atoms with Gasteiger partial charge in [-0.2, -0.15) is 0 Å². The summed E-state index contributed by atoms with van der Waals surface area (Å²) in [6, 6.07) is 3.76. The second-order valence-electron chi connectivity index (χ2n) is 3.32. The molecule has 0 saturated heterocycles. The molecule has 17 heavy (non-hydrogen) atoms. The Hall–Kier alpha value is -1.46. The molecule has 0 atom stereocenters. The third kappa shape index (κ3) is 3.51. The third-order valence-electron chi connectivity index (χ3n) is 2.11. The van der Waals surface area contributed by atoms with Gasteiger partial charge < -0.3 is 10.1 Å². The summed E-state index contributed by atoms with van der Waals surface area (Å²) in [5.74, 6) is 1.29. The van der Waals surface area contributed by atoms with E-state index in [1.165, 1.54) is 0 Å². The molecule has 2 rings (SSSR count). The van der Waals surface area contributed by atoms with Gasteiger partial charge >= 0.3 is 0 Å². The molecular formula is C11H13ClN4O. The number of hydrogen-bond donors (Lipinski definition) is 1. The Morgan fingerprint density at radius 3 is 2.94 bits per heavy atom. The molecule has 0 amide bonds. The molecule has 6 heteroatoms. The predicted molar refractivity (Wildman–Crippen MR) is 67.4 cm³/mol. The van der Waals surface area contributed by atoms with Gasteiger partial charge in [0.15, 0.2) is 5.65 Å². The number of rotatable bonds is 6. The van der Waals surface area contributed by atoms with Crippen LogP contribution in [-0.4, -0.2) is 40.6 Å². The number of pyridine rings is 1. The van der Waals surface area contributed by atoms with Gasteiger partial charge in [0.25, 0.3) is 0 Å². The van der Waals surface area contributed by atoms with Crippen molar-refractivity contribution in [1.82, 2.24) is 15.0 Å². The summed E-state index contributed by atoms with van der Waals surface area (Å²) in [7, 11) is 0. The quantitative estimate of drug-likeness (QED) is 0.626. The second-order valence-corrected chi connectivity index (χ2v) is 3.70. The Balaban J connectivity index is 1.90. The van der Waals surface area contributed by atoms with E-state index in [0.29, 0.717) is 31.3 Å². The van der Waals surface area contributed by atoms with Gasteiger partial charge in [-0.25, -0.2) is 9.97 Å². The Morgan fingerprint density at radius 1 is 1.18 bits per heavy atom. The first kappa shape index (κ1) is 12.0. The van der Waals surface area contributed by atoms with Crippen molar-refractivity contribution in [1.29, 1.82) is 0 Å². The average Bonchev–Trinajstić information content (AvgIpc) is 2.38. The maximum absolute atomic E-state index is 5.49. The van der Waals surface area contributed by atoms with Crippen LogP contribution in [0.25, 0.3) is 11.2 Å². The Bertz CT molecular complexity index is 480. The maximum atomic E-state index is 5.49. The average molecular weight is 253 g/mol. The zero-order valence-corrected chi connectivity index (χ0v) is 10.0. The van der Waals surface area contributed by atoms with E-state index in [2.05, 4.69) is 20.3 Å². The van der Waals surface area contributed by atoms with E-state index in [0.717, 1.165) is 11.3 Å². The highest BCUT2D eigenvalue weighted by atomic mass is 35.5. The number of anilines is 1. The van der Waals surface area contributed by atoms with Crippen LogP contribution in [0.1, 0.15) is 0 Å². The van der Waals surface area contributed by atoms with E-state index < -0.39 is 0 Å². The normalized spacial score (nSPS) is 10.6. The Kier molecular flexibility index (Phi) is 4.46. The lowest BCUT2D eigenvalue weighted by Gasteiger charge is -2.06. The van der Waals surface area contributed by atoms with Gasteiger partial charge in [-0.05, 0) is 12.1 Å². The maximum Gasteiger partial charge on any atom is 0.180 e. The summed E-state index contributed by atoms with van der Waals surface area (Å²) in [4.78, 5) is 12.6. The zero-order chi connectivity index (χ0) is 11.9. The number of ether oxygens (including phenoxy) is 1. The first-order valence-corrected chi connectivity index (χ1v) is 5.89. The molecule has 2 aromatic heterocycles. The van der Waals surface area contributed by atoms with Gasteiger partial charge in [0, 0.05) is 24.8 Å². The van der Waals surface area contributed by atoms with Crippen LogP contribution in [0.4, 0.5) is 5.82 Å². The van der Waals surface area contributed by atoms with Gasteiger partial charge in [0.05, 0.1) is 13.2 Å². The fourth-order valence-electron chi connectivity index (χ4n) is 1.36. The van der Waals surface area contributed by atoms with Crippen LogP contribution >= 0.6 is 11.6 Å². The first-order chi connectivity index (χ1) is 8.40. The monoisotopic (exact) mass is 252 g/mol. The van der Waals surface area contributed by atoms with Crippen molar-refractivity contribution >= 4 is 28.6 Å². The fourth-order valence-corrected chi connectivity index (χ4v) is 1.47. The molecular weight excluding hydrogens is 240 g/mol. The number of nitrogens with zero attached hydrogens (tertiary/aromatic N) is 3. The fraction of sp³-hybridized carbons (Fsp3) is 0.364. The van der Waals surface area contributed by atoms with Gasteiger partial charge in [-0.15, -0.1) is 11.6 Å². The molecule has 0 radical (unpaired) electrons. The van der Waals surface area contributed by atoms with Gasteiger partial charge in [0.1, 0.15) is 11.3 Å². The van der Waals surface area contributed by atoms with Crippen molar-refractivity contribution < 1.29 is 4.74 Å². The molecule has 0 fully saturated rings. The van der Waals surface area contributed by atoms with Crippen LogP contribution in [-0.2, 0) is 4.74 Å². The minimum atomic E-state index is 0.518. The molecule has 0 aliphatic carbocycles. The van der Waals surface area contributed by atoms with Crippen LogP contribution in [0.3, 0.4) is 0 Å². The largest absolute Gasteiger partial charge is 0.378 e. The highest BCUT2D eigenvalue weighted by molar-refractivity contribution is 6.17. The molecule has 0 saturated carbocycles. The highest BCUT2D eigenvalue weighted by Gasteiger charge is 1.98. The van der Waals surface area contributed by atoms with Crippen molar-refractivity contribution in [2.75, 3.05) is 31.0 Å². The van der Waals surface area contributed by atoms with Crippen molar-refractivity contribution in [3.05, 3.63) is 24.5 Å². The lowest BCUT2D eigenvalue weighted by molar-refractivity contribution is 0.160. The number of aromatic nitrogens is 3. The summed E-state index contributed by atoms with van der Waals surface area (Å²) >= 11 is 5.49. The number of alkyl halides is 1. The van der Waals surface area contributed by atoms with E-state index in [4.69, 9.17) is 16.3 Å². The van der Waals surface area contributed by atoms with Gasteiger partial charge in [-0.1, -0.05) is 0 Å². The molecule has 0 aliphatic heterocycles. The number of hydrogen-bond acceptors (Lipinski definition) is 5. The topological polar surface area (TPSA) is 59.9 Å². The third-order valence-corrected chi connectivity index (χ3v) is 2.26. The Labute approximate surface area is 104 Å². The van der Waals surface area contributed by atoms with Crippen LogP contribution in [0.2, 0.25) is 0 Å². The van der Waals surface area contributed by atoms with Crippen LogP contribution in [0.15, 0.2) is 24.5 Å². The van der Waals surface area contributed by atoms with Crippen molar-refractivity contribution in [2.24, 2.45) is 0 Å². The molecule has 0 aliphatic rings. The highest BCUT2D eigenvalue weighted by Crippen LogP contribution is 2.09. The predicted octanol–water partition coefficient (Wildman–Crippen LogP) is 1.69. The standard InChI is InChI=1S/C11H13ClN4O/c12-3-7-17-8-6-14-10-2-1-9-11(16-10)15-5-4-13-9/h1-2,4-5H,3,6-8H2,(H,14,15,16). The van der Waals surface area contributed by atoms with Crippen molar-refractivity contribution in [3.8, 4) is 0 Å². The smallest absolute Gasteiger partial charge is 0.180 e. The second kappa shape index (κ2) is 6.32. The minimum Gasteiger partial charge on any atom is -0.378 e. The van der Waals surface area contributed by atoms with Crippen LogP contribution in [0.5, 0.6) is 0 Å². The van der Waals surface area contributed by atoms with Crippen molar-refractivity contribution in [2.45, 2.75) is 0 Å². The molecule has 0 aromatic carbocycles. The van der Waals surface area contributed by atoms with E-state index in [1.807, 2.05) is 12.1 Å². The lowest BCUT2D eigenvalue weighted by atomic mass is 10.4. The molecule has 2 heterocycles. The summed E-state index contributed by atoms with van der Waals surface area (Å²) in [5.41, 5.74) is 1.43. The van der Waals surface area contributed by atoms with E-state index in [1.54, 1.807) is 12.4 Å². The number of halogens is 1. The minimum absolute atomic E-state index is 0.518. The van der Waals surface area contributed by atoms with E-state index in [9.17, 15) is 0 Å². The van der Waals surface area contributed by atoms with Crippen LogP contribution < -0.4 is 5.32 Å². The van der Waals surface area contributed by atoms with E-state index >= 15 is 0 Å². The molecule has 5 nitrogen and oxygen atoms in total. The zero-order valence-electron chi connectivity index (χ0n) is 9.27. The van der Waals surface area contributed by atoms with Gasteiger partial charge in [-0.3, -0.25) is 4.98 Å². The molecule has 90 valence electrons. The summed E-state index contributed by atoms with van der Waals surface area (Å²) < 4.78 is 5.24. The molecule has 0 unspecified atom stereocenters. The van der Waals surface area contributed by atoms with E-state index in [-0.39, 0.29) is 0 Å². The number of nitrogens with one attached hydrogen (secondary N) is 1. The molecule has 0 bridgehead atoms. The van der Waals surface area contributed by atoms with Crippen molar-refractivity contribution in [3.63, 3.8) is 0 Å².